The number of esters is 3. The summed E-state index contributed by atoms with van der Waals surface area (Å²) in [7, 11) is 0. The number of carbonyl (C=O) groups excluding carboxylic acids is 6. The lowest BCUT2D eigenvalue weighted by Gasteiger charge is -2.30. The van der Waals surface area contributed by atoms with Gasteiger partial charge in [0, 0.05) is 24.4 Å². The highest BCUT2D eigenvalue weighted by Gasteiger charge is 2.53. The summed E-state index contributed by atoms with van der Waals surface area (Å²) in [6, 6.07) is 1.90. The zero-order valence-corrected chi connectivity index (χ0v) is 37.0. The van der Waals surface area contributed by atoms with Gasteiger partial charge in [-0.2, -0.15) is 5.26 Å². The van der Waals surface area contributed by atoms with Crippen molar-refractivity contribution in [3.8, 4) is 6.07 Å². The number of rotatable bonds is 17. The van der Waals surface area contributed by atoms with Crippen LogP contribution < -0.4 is 16.0 Å². The van der Waals surface area contributed by atoms with E-state index in [1.54, 1.807) is 0 Å². The van der Waals surface area contributed by atoms with Gasteiger partial charge in [-0.05, 0) is 116 Å². The first kappa shape index (κ1) is 48.9. The normalized spacial score (nSPS) is 34.9. The van der Waals surface area contributed by atoms with Crippen LogP contribution in [0.15, 0.2) is 0 Å². The van der Waals surface area contributed by atoms with Crippen molar-refractivity contribution in [1.29, 1.82) is 5.26 Å². The third kappa shape index (κ3) is 12.6. The first-order chi connectivity index (χ1) is 28.6. The molecule has 0 aromatic rings. The maximum atomic E-state index is 12.2. The lowest BCUT2D eigenvalue weighted by Crippen LogP contribution is -2.40. The van der Waals surface area contributed by atoms with E-state index in [2.05, 4.69) is 57.5 Å². The Kier molecular flexibility index (Phi) is 19.1. The number of fused-ring (bicyclic) bond motifs is 6. The van der Waals surface area contributed by atoms with E-state index in [0.29, 0.717) is 78.3 Å². The molecule has 4 N–H and O–H groups in total. The molecule has 15 nitrogen and oxygen atoms in total. The molecule has 6 fully saturated rings. The number of nitrogens with zero attached hydrogens (tertiary/aromatic N) is 1. The first-order valence-corrected chi connectivity index (χ1v) is 22.5. The first-order valence-electron chi connectivity index (χ1n) is 22.5. The van der Waals surface area contributed by atoms with Gasteiger partial charge in [0.15, 0.2) is 0 Å². The zero-order chi connectivity index (χ0) is 44.1. The predicted molar refractivity (Wildman–Crippen MR) is 220 cm³/mol. The molecule has 6 saturated carbocycles. The van der Waals surface area contributed by atoms with Gasteiger partial charge in [0.2, 0.25) is 17.7 Å². The number of ether oxygens (including phenoxy) is 4. The average Bonchev–Trinajstić information content (AvgIpc) is 4.10. The molecule has 0 radical (unpaired) electrons. The molecule has 15 unspecified atom stereocenters. The molecule has 338 valence electrons. The summed E-state index contributed by atoms with van der Waals surface area (Å²) < 4.78 is 19.6. The predicted octanol–water partition coefficient (Wildman–Crippen LogP) is 3.66. The molecule has 3 amide bonds. The standard InChI is InChI=1S/C16H27NO4.C15H22N2O3.C14H23NO4/c1-4-20-5-6-21-15(18)9-17-16(19)14-8-12-7-13(14)11(3)10(12)2;1-9-10(2)12-6-11(9)7-13(12)15(19)17-8-14(18)20-5-3-4-16;1-8-9(2)11-5-10(8)6-12(11)14(18)15-7-13(17)19-4-3-16/h10-14H,4-9H2,1-3H3,(H,17,19);9-13H,3,5-8H2,1-2H3,(H,17,19);8-12,16H,3-7H2,1-2H3,(H,15,18). The molecule has 6 rings (SSSR count). The van der Waals surface area contributed by atoms with Crippen molar-refractivity contribution in [1.82, 2.24) is 16.0 Å². The summed E-state index contributed by atoms with van der Waals surface area (Å²) in [4.78, 5) is 70.6. The van der Waals surface area contributed by atoms with Crippen LogP contribution in [0.3, 0.4) is 0 Å². The highest BCUT2D eigenvalue weighted by molar-refractivity contribution is 5.85. The Morgan fingerprint density at radius 1 is 0.533 bits per heavy atom. The van der Waals surface area contributed by atoms with Gasteiger partial charge in [0.1, 0.15) is 39.5 Å². The second-order valence-electron chi connectivity index (χ2n) is 18.3. The highest BCUT2D eigenvalue weighted by atomic mass is 16.6. The van der Waals surface area contributed by atoms with Gasteiger partial charge in [-0.25, -0.2) is 0 Å². The Balaban J connectivity index is 0.000000199. The maximum Gasteiger partial charge on any atom is 0.325 e. The van der Waals surface area contributed by atoms with Gasteiger partial charge in [-0.1, -0.05) is 41.5 Å². The van der Waals surface area contributed by atoms with Crippen molar-refractivity contribution >= 4 is 35.6 Å². The van der Waals surface area contributed by atoms with E-state index in [1.807, 2.05) is 13.0 Å². The van der Waals surface area contributed by atoms with Crippen molar-refractivity contribution in [3.05, 3.63) is 0 Å². The SMILES string of the molecule is CC1C2CC(C(=O)NCC(=O)OCCC#N)C(C2)C1C.CC1C2CC(C(=O)NCC(=O)OCCO)C(C2)C1C.CCOCCOC(=O)CNC(=O)C1CC2CC1C(C)C2C. The number of carbonyl (C=O) groups is 6. The van der Waals surface area contributed by atoms with Crippen molar-refractivity contribution in [2.24, 2.45) is 88.8 Å². The Labute approximate surface area is 356 Å². The molecule has 0 saturated heterocycles. The van der Waals surface area contributed by atoms with Gasteiger partial charge in [0.25, 0.3) is 0 Å². The number of nitrogens with one attached hydrogen (secondary N) is 3. The summed E-state index contributed by atoms with van der Waals surface area (Å²) in [5.74, 6) is 6.16. The molecule has 0 spiro atoms. The van der Waals surface area contributed by atoms with E-state index in [-0.39, 0.29) is 88.0 Å². The summed E-state index contributed by atoms with van der Waals surface area (Å²) in [5, 5.41) is 24.9. The Bertz CT molecular complexity index is 1510. The molecule has 15 atom stereocenters. The van der Waals surface area contributed by atoms with E-state index in [4.69, 9.17) is 29.3 Å². The third-order valence-corrected chi connectivity index (χ3v) is 15.4. The molecule has 0 aromatic heterocycles. The summed E-state index contributed by atoms with van der Waals surface area (Å²) in [5.41, 5.74) is 0. The van der Waals surface area contributed by atoms with E-state index < -0.39 is 17.9 Å². The van der Waals surface area contributed by atoms with Gasteiger partial charge in [-0.15, -0.1) is 0 Å². The smallest absolute Gasteiger partial charge is 0.325 e. The highest BCUT2D eigenvalue weighted by Crippen LogP contribution is 2.56. The number of amides is 3. The fraction of sp³-hybridized carbons (Fsp3) is 0.844. The van der Waals surface area contributed by atoms with Crippen LogP contribution in [0.2, 0.25) is 0 Å². The number of nitriles is 1. The van der Waals surface area contributed by atoms with E-state index in [0.717, 1.165) is 38.0 Å². The molecular formula is C45H72N4O11. The monoisotopic (exact) mass is 845 g/mol. The van der Waals surface area contributed by atoms with Crippen LogP contribution in [-0.2, 0) is 47.7 Å². The molecule has 15 heteroatoms. The quantitative estimate of drug-likeness (QED) is 0.0937. The molecule has 6 bridgehead atoms. The maximum absolute atomic E-state index is 12.2. The second-order valence-corrected chi connectivity index (χ2v) is 18.3. The van der Waals surface area contributed by atoms with E-state index >= 15 is 0 Å². The van der Waals surface area contributed by atoms with Crippen molar-refractivity contribution < 1.29 is 52.8 Å². The topological polar surface area (TPSA) is 219 Å². The molecule has 0 aliphatic heterocycles. The van der Waals surface area contributed by atoms with Crippen LogP contribution in [0.25, 0.3) is 0 Å². The van der Waals surface area contributed by atoms with Crippen LogP contribution in [0, 0.1) is 100 Å². The number of hydrogen-bond acceptors (Lipinski definition) is 12. The minimum atomic E-state index is -0.494. The van der Waals surface area contributed by atoms with Gasteiger partial charge in [-0.3, -0.25) is 28.8 Å². The van der Waals surface area contributed by atoms with Crippen LogP contribution in [0.5, 0.6) is 0 Å². The summed E-state index contributed by atoms with van der Waals surface area (Å²) in [6.45, 7) is 16.3. The van der Waals surface area contributed by atoms with Crippen molar-refractivity contribution in [2.45, 2.75) is 93.4 Å². The largest absolute Gasteiger partial charge is 0.463 e. The second kappa shape index (κ2) is 23.4. The fourth-order valence-electron chi connectivity index (χ4n) is 11.5. The average molecular weight is 845 g/mol. The van der Waals surface area contributed by atoms with E-state index in [1.165, 1.54) is 6.42 Å². The minimum absolute atomic E-state index is 0.0165. The molecule has 6 aliphatic carbocycles. The van der Waals surface area contributed by atoms with E-state index in [9.17, 15) is 28.8 Å². The van der Waals surface area contributed by atoms with Gasteiger partial charge < -0.3 is 40.0 Å². The number of aliphatic hydroxyl groups is 1. The molecule has 6 aliphatic rings. The minimum Gasteiger partial charge on any atom is -0.463 e. The fourth-order valence-corrected chi connectivity index (χ4v) is 11.5. The van der Waals surface area contributed by atoms with Crippen molar-refractivity contribution in [3.63, 3.8) is 0 Å². The Morgan fingerprint density at radius 3 is 1.18 bits per heavy atom. The molecule has 0 aromatic carbocycles. The lowest BCUT2D eigenvalue weighted by atomic mass is 9.75. The third-order valence-electron chi connectivity index (χ3n) is 15.4. The Hall–Kier alpha value is -3.77. The van der Waals surface area contributed by atoms with Crippen molar-refractivity contribution in [2.75, 3.05) is 59.3 Å². The summed E-state index contributed by atoms with van der Waals surface area (Å²) in [6.07, 6.45) is 6.52. The lowest BCUT2D eigenvalue weighted by molar-refractivity contribution is -0.146. The molecular weight excluding hydrogens is 773 g/mol. The zero-order valence-electron chi connectivity index (χ0n) is 37.0. The number of hydrogen-bond donors (Lipinski definition) is 4. The van der Waals surface area contributed by atoms with Gasteiger partial charge >= 0.3 is 17.9 Å². The molecule has 60 heavy (non-hydrogen) atoms. The van der Waals surface area contributed by atoms with Crippen LogP contribution in [-0.4, -0.2) is 100 Å². The van der Waals surface area contributed by atoms with Crippen LogP contribution in [0.4, 0.5) is 0 Å². The van der Waals surface area contributed by atoms with Gasteiger partial charge in [0.05, 0.1) is 25.7 Å². The molecule has 0 heterocycles. The van der Waals surface area contributed by atoms with Crippen LogP contribution in [0.1, 0.15) is 93.4 Å². The Morgan fingerprint density at radius 2 is 0.883 bits per heavy atom. The summed E-state index contributed by atoms with van der Waals surface area (Å²) >= 11 is 0. The van der Waals surface area contributed by atoms with Crippen LogP contribution >= 0.6 is 0 Å². The number of aliphatic hydroxyl groups excluding tert-OH is 1.